The minimum atomic E-state index is -1.04. The molecule has 0 aromatic heterocycles. The van der Waals surface area contributed by atoms with E-state index in [1.807, 2.05) is 30.3 Å². The molecule has 29 heavy (non-hydrogen) atoms. The molecule has 0 heterocycles. The highest BCUT2D eigenvalue weighted by molar-refractivity contribution is 5.96. The summed E-state index contributed by atoms with van der Waals surface area (Å²) in [4.78, 5) is 23.3. The van der Waals surface area contributed by atoms with E-state index in [4.69, 9.17) is 14.6 Å². The number of ether oxygens (including phenoxy) is 2. The van der Waals surface area contributed by atoms with Crippen LogP contribution >= 0.6 is 0 Å². The van der Waals surface area contributed by atoms with Crippen molar-refractivity contribution in [2.45, 2.75) is 13.5 Å². The molecule has 2 N–H and O–H groups in total. The molecule has 0 radical (unpaired) electrons. The van der Waals surface area contributed by atoms with Gasteiger partial charge in [-0.15, -0.1) is 0 Å². The fourth-order valence-electron chi connectivity index (χ4n) is 2.71. The van der Waals surface area contributed by atoms with E-state index in [1.165, 1.54) is 6.07 Å². The summed E-state index contributed by atoms with van der Waals surface area (Å²) >= 11 is 0. The summed E-state index contributed by atoms with van der Waals surface area (Å²) in [6.45, 7) is 1.92. The lowest BCUT2D eigenvalue weighted by atomic mass is 10.1. The fraction of sp³-hybridized carbons (Fsp3) is 0.130. The van der Waals surface area contributed by atoms with Gasteiger partial charge >= 0.3 is 5.97 Å². The largest absolute Gasteiger partial charge is 0.489 e. The highest BCUT2D eigenvalue weighted by Gasteiger charge is 2.12. The van der Waals surface area contributed by atoms with Crippen molar-refractivity contribution in [2.24, 2.45) is 0 Å². The number of rotatable bonds is 8. The quantitative estimate of drug-likeness (QED) is 0.598. The van der Waals surface area contributed by atoms with Gasteiger partial charge < -0.3 is 19.9 Å². The zero-order valence-electron chi connectivity index (χ0n) is 15.9. The van der Waals surface area contributed by atoms with Crippen LogP contribution in [0.5, 0.6) is 11.5 Å². The van der Waals surface area contributed by atoms with Crippen molar-refractivity contribution in [2.75, 3.05) is 11.9 Å². The van der Waals surface area contributed by atoms with Crippen molar-refractivity contribution >= 4 is 17.6 Å². The van der Waals surface area contributed by atoms with E-state index < -0.39 is 5.97 Å². The van der Waals surface area contributed by atoms with Gasteiger partial charge in [-0.05, 0) is 54.4 Å². The van der Waals surface area contributed by atoms with Gasteiger partial charge in [-0.25, -0.2) is 4.79 Å². The number of hydrogen-bond acceptors (Lipinski definition) is 4. The molecule has 3 aromatic rings. The van der Waals surface area contributed by atoms with Crippen LogP contribution < -0.4 is 14.8 Å². The molecule has 0 aliphatic carbocycles. The van der Waals surface area contributed by atoms with Crippen LogP contribution in [-0.4, -0.2) is 23.6 Å². The third kappa shape index (κ3) is 5.59. The maximum absolute atomic E-state index is 12.1. The van der Waals surface area contributed by atoms with E-state index in [0.717, 1.165) is 5.56 Å². The number of carbonyl (C=O) groups is 2. The minimum absolute atomic E-state index is 0.148. The van der Waals surface area contributed by atoms with Crippen molar-refractivity contribution in [1.29, 1.82) is 0 Å². The Morgan fingerprint density at radius 1 is 0.862 bits per heavy atom. The molecule has 0 spiro atoms. The summed E-state index contributed by atoms with van der Waals surface area (Å²) in [5.41, 5.74) is 2.16. The highest BCUT2D eigenvalue weighted by Crippen LogP contribution is 2.20. The molecule has 1 amide bonds. The van der Waals surface area contributed by atoms with E-state index in [2.05, 4.69) is 5.32 Å². The van der Waals surface area contributed by atoms with Crippen molar-refractivity contribution in [1.82, 2.24) is 0 Å². The molecule has 0 saturated carbocycles. The second kappa shape index (κ2) is 9.41. The first-order valence-corrected chi connectivity index (χ1v) is 9.05. The molecule has 0 bridgehead atoms. The van der Waals surface area contributed by atoms with Crippen molar-refractivity contribution in [3.05, 3.63) is 89.5 Å². The lowest BCUT2D eigenvalue weighted by Gasteiger charge is -2.11. The number of aromatic carboxylic acids is 1. The van der Waals surface area contributed by atoms with E-state index in [9.17, 15) is 9.59 Å². The number of nitrogens with one attached hydrogen (secondary N) is 1. The summed E-state index contributed by atoms with van der Waals surface area (Å²) in [5.74, 6) is -0.181. The normalized spacial score (nSPS) is 10.2. The number of hydrogen-bond donors (Lipinski definition) is 2. The fourth-order valence-corrected chi connectivity index (χ4v) is 2.71. The van der Waals surface area contributed by atoms with Gasteiger partial charge in [0.05, 0.1) is 5.56 Å². The van der Waals surface area contributed by atoms with Gasteiger partial charge in [-0.3, -0.25) is 4.79 Å². The van der Waals surface area contributed by atoms with Crippen LogP contribution in [0.25, 0.3) is 0 Å². The molecule has 3 aromatic carbocycles. The Labute approximate surface area is 168 Å². The van der Waals surface area contributed by atoms with Crippen molar-refractivity contribution in [3.63, 3.8) is 0 Å². The zero-order valence-corrected chi connectivity index (χ0v) is 15.9. The van der Waals surface area contributed by atoms with Gasteiger partial charge in [0.2, 0.25) is 0 Å². The molecule has 0 saturated heterocycles. The van der Waals surface area contributed by atoms with Crippen LogP contribution in [-0.2, 0) is 11.4 Å². The number of benzene rings is 3. The summed E-state index contributed by atoms with van der Waals surface area (Å²) in [6, 6.07) is 21.6. The second-order valence-electron chi connectivity index (χ2n) is 6.37. The number of carboxylic acids is 1. The SMILES string of the molecule is Cc1c(NC(=O)COc2ccc(OCc3ccccc3)cc2)cccc1C(=O)O. The van der Waals surface area contributed by atoms with E-state index >= 15 is 0 Å². The predicted octanol–water partition coefficient (Wildman–Crippen LogP) is 4.29. The summed E-state index contributed by atoms with van der Waals surface area (Å²) in [6.07, 6.45) is 0. The summed E-state index contributed by atoms with van der Waals surface area (Å²) in [7, 11) is 0. The Morgan fingerprint density at radius 2 is 1.52 bits per heavy atom. The van der Waals surface area contributed by atoms with Crippen LogP contribution in [0.3, 0.4) is 0 Å². The van der Waals surface area contributed by atoms with Crippen molar-refractivity contribution < 1.29 is 24.2 Å². The number of anilines is 1. The van der Waals surface area contributed by atoms with Gasteiger partial charge in [0.25, 0.3) is 5.91 Å². The third-order valence-electron chi connectivity index (χ3n) is 4.28. The van der Waals surface area contributed by atoms with Gasteiger partial charge in [-0.1, -0.05) is 36.4 Å². The number of carboxylic acid groups (broad SMARTS) is 1. The molecule has 6 heteroatoms. The third-order valence-corrected chi connectivity index (χ3v) is 4.28. The molecule has 0 aliphatic heterocycles. The number of carbonyl (C=O) groups excluding carboxylic acids is 1. The molecule has 0 unspecified atom stereocenters. The Kier molecular flexibility index (Phi) is 6.47. The first-order chi connectivity index (χ1) is 14.0. The van der Waals surface area contributed by atoms with Crippen LogP contribution in [0.2, 0.25) is 0 Å². The molecule has 0 atom stereocenters. The summed E-state index contributed by atoms with van der Waals surface area (Å²) in [5, 5.41) is 11.8. The Bertz CT molecular complexity index is 984. The van der Waals surface area contributed by atoms with Gasteiger partial charge in [0.1, 0.15) is 18.1 Å². The van der Waals surface area contributed by atoms with Crippen LogP contribution in [0, 0.1) is 6.92 Å². The molecule has 0 fully saturated rings. The maximum atomic E-state index is 12.1. The van der Waals surface area contributed by atoms with Gasteiger partial charge in [0.15, 0.2) is 6.61 Å². The van der Waals surface area contributed by atoms with E-state index in [0.29, 0.717) is 29.4 Å². The van der Waals surface area contributed by atoms with E-state index in [-0.39, 0.29) is 18.1 Å². The molecule has 148 valence electrons. The molecule has 6 nitrogen and oxygen atoms in total. The average molecular weight is 391 g/mol. The maximum Gasteiger partial charge on any atom is 0.336 e. The average Bonchev–Trinajstić information content (AvgIpc) is 2.73. The molecular formula is C23H21NO5. The van der Waals surface area contributed by atoms with Crippen LogP contribution in [0.1, 0.15) is 21.5 Å². The first-order valence-electron chi connectivity index (χ1n) is 9.05. The molecule has 0 aliphatic rings. The Morgan fingerprint density at radius 3 is 2.17 bits per heavy atom. The Balaban J connectivity index is 1.50. The molecule has 3 rings (SSSR count). The van der Waals surface area contributed by atoms with Crippen molar-refractivity contribution in [3.8, 4) is 11.5 Å². The van der Waals surface area contributed by atoms with Gasteiger partial charge in [-0.2, -0.15) is 0 Å². The van der Waals surface area contributed by atoms with Gasteiger partial charge in [0, 0.05) is 5.69 Å². The standard InChI is InChI=1S/C23H21NO5/c1-16-20(23(26)27)8-5-9-21(16)24-22(25)15-29-19-12-10-18(11-13-19)28-14-17-6-3-2-4-7-17/h2-13H,14-15H2,1H3,(H,24,25)(H,26,27). The smallest absolute Gasteiger partial charge is 0.336 e. The minimum Gasteiger partial charge on any atom is -0.489 e. The van der Waals surface area contributed by atoms with E-state index in [1.54, 1.807) is 43.3 Å². The predicted molar refractivity (Wildman–Crippen MR) is 109 cm³/mol. The Hall–Kier alpha value is -3.80. The first kappa shape index (κ1) is 19.9. The van der Waals surface area contributed by atoms with Crippen LogP contribution in [0.15, 0.2) is 72.8 Å². The summed E-state index contributed by atoms with van der Waals surface area (Å²) < 4.78 is 11.2. The second-order valence-corrected chi connectivity index (χ2v) is 6.37. The topological polar surface area (TPSA) is 84.9 Å². The number of amides is 1. The zero-order chi connectivity index (χ0) is 20.6. The lowest BCUT2D eigenvalue weighted by molar-refractivity contribution is -0.118. The lowest BCUT2D eigenvalue weighted by Crippen LogP contribution is -2.21. The monoisotopic (exact) mass is 391 g/mol. The van der Waals surface area contributed by atoms with Crippen LogP contribution in [0.4, 0.5) is 5.69 Å². The highest BCUT2D eigenvalue weighted by atomic mass is 16.5. The molecular weight excluding hydrogens is 370 g/mol.